The molecule has 4 atom stereocenters. The van der Waals surface area contributed by atoms with E-state index < -0.39 is 17.9 Å². The molecule has 0 radical (unpaired) electrons. The summed E-state index contributed by atoms with van der Waals surface area (Å²) >= 11 is 6.24. The summed E-state index contributed by atoms with van der Waals surface area (Å²) in [6, 6.07) is 10.2. The van der Waals surface area contributed by atoms with Crippen molar-refractivity contribution in [2.75, 3.05) is 9.80 Å². The molecule has 2 fully saturated rings. The molecular weight excluding hydrogens is 400 g/mol. The first-order valence-electron chi connectivity index (χ1n) is 10.0. The maximum absolute atomic E-state index is 13.5. The van der Waals surface area contributed by atoms with E-state index in [9.17, 15) is 14.4 Å². The Kier molecular flexibility index (Phi) is 4.16. The van der Waals surface area contributed by atoms with Crippen LogP contribution in [0, 0.1) is 25.7 Å². The van der Waals surface area contributed by atoms with Crippen LogP contribution in [0.15, 0.2) is 42.5 Å². The summed E-state index contributed by atoms with van der Waals surface area (Å²) in [4.78, 5) is 43.1. The minimum absolute atomic E-state index is 0.111. The summed E-state index contributed by atoms with van der Waals surface area (Å²) in [6.45, 7) is 5.31. The first-order chi connectivity index (χ1) is 14.3. The van der Waals surface area contributed by atoms with Gasteiger partial charge in [-0.3, -0.25) is 14.4 Å². The van der Waals surface area contributed by atoms with Gasteiger partial charge >= 0.3 is 0 Å². The molecule has 5 rings (SSSR count). The van der Waals surface area contributed by atoms with Crippen LogP contribution >= 0.6 is 11.6 Å². The van der Waals surface area contributed by atoms with Crippen LogP contribution < -0.4 is 9.80 Å². The molecule has 3 aliphatic heterocycles. The lowest BCUT2D eigenvalue weighted by molar-refractivity contribution is -0.126. The highest BCUT2D eigenvalue weighted by molar-refractivity contribution is 6.32. The Morgan fingerprint density at radius 1 is 1.00 bits per heavy atom. The molecule has 5 nitrogen and oxygen atoms in total. The number of amides is 2. The van der Waals surface area contributed by atoms with Crippen LogP contribution in [-0.2, 0) is 14.4 Å². The molecule has 3 heterocycles. The van der Waals surface area contributed by atoms with Crippen molar-refractivity contribution in [3.63, 3.8) is 0 Å². The van der Waals surface area contributed by atoms with Gasteiger partial charge in [-0.1, -0.05) is 41.4 Å². The molecule has 0 N–H and O–H groups in total. The van der Waals surface area contributed by atoms with Crippen molar-refractivity contribution in [2.45, 2.75) is 32.9 Å². The topological polar surface area (TPSA) is 57.7 Å². The van der Waals surface area contributed by atoms with Gasteiger partial charge in [0.15, 0.2) is 5.78 Å². The molecule has 3 aliphatic rings. The Morgan fingerprint density at radius 3 is 2.47 bits per heavy atom. The molecule has 2 saturated heterocycles. The number of rotatable bonds is 2. The van der Waals surface area contributed by atoms with Gasteiger partial charge in [0, 0.05) is 10.7 Å². The van der Waals surface area contributed by atoms with Crippen molar-refractivity contribution in [1.29, 1.82) is 0 Å². The van der Waals surface area contributed by atoms with Crippen LogP contribution in [-0.4, -0.2) is 29.7 Å². The zero-order valence-corrected chi connectivity index (χ0v) is 17.7. The highest BCUT2D eigenvalue weighted by atomic mass is 35.5. The second-order valence-corrected chi connectivity index (χ2v) is 8.73. The van der Waals surface area contributed by atoms with Crippen LogP contribution in [0.2, 0.25) is 5.02 Å². The molecule has 0 aliphatic carbocycles. The summed E-state index contributed by atoms with van der Waals surface area (Å²) in [6.07, 6.45) is 3.95. The predicted octanol–water partition coefficient (Wildman–Crippen LogP) is 3.94. The zero-order valence-electron chi connectivity index (χ0n) is 16.9. The van der Waals surface area contributed by atoms with Gasteiger partial charge in [-0.05, 0) is 56.2 Å². The van der Waals surface area contributed by atoms with E-state index in [-0.39, 0.29) is 23.6 Å². The van der Waals surface area contributed by atoms with Crippen molar-refractivity contribution in [3.05, 3.63) is 64.2 Å². The van der Waals surface area contributed by atoms with E-state index in [0.29, 0.717) is 16.3 Å². The molecule has 0 spiro atoms. The van der Waals surface area contributed by atoms with Crippen molar-refractivity contribution in [1.82, 2.24) is 0 Å². The van der Waals surface area contributed by atoms with Gasteiger partial charge in [-0.25, -0.2) is 4.90 Å². The maximum Gasteiger partial charge on any atom is 0.240 e. The van der Waals surface area contributed by atoms with Gasteiger partial charge in [0.2, 0.25) is 11.8 Å². The second kappa shape index (κ2) is 6.54. The fraction of sp³-hybridized carbons (Fsp3) is 0.292. The molecule has 152 valence electrons. The summed E-state index contributed by atoms with van der Waals surface area (Å²) in [7, 11) is 0. The minimum Gasteiger partial charge on any atom is -0.353 e. The lowest BCUT2D eigenvalue weighted by Crippen LogP contribution is -2.48. The lowest BCUT2D eigenvalue weighted by Gasteiger charge is -2.36. The highest BCUT2D eigenvalue weighted by Crippen LogP contribution is 2.49. The van der Waals surface area contributed by atoms with E-state index in [0.717, 1.165) is 16.8 Å². The molecule has 2 aromatic carbocycles. The Hall–Kier alpha value is -2.92. The van der Waals surface area contributed by atoms with Crippen LogP contribution in [0.3, 0.4) is 0 Å². The maximum atomic E-state index is 13.5. The van der Waals surface area contributed by atoms with E-state index in [2.05, 4.69) is 6.07 Å². The Labute approximate surface area is 179 Å². The molecule has 2 aromatic rings. The molecule has 0 unspecified atom stereocenters. The number of hydrogen-bond acceptors (Lipinski definition) is 4. The Balaban J connectivity index is 1.64. The van der Waals surface area contributed by atoms with E-state index >= 15 is 0 Å². The van der Waals surface area contributed by atoms with Crippen molar-refractivity contribution >= 4 is 46.6 Å². The predicted molar refractivity (Wildman–Crippen MR) is 117 cm³/mol. The molecule has 2 amide bonds. The number of aryl methyl sites for hydroxylation is 1. The number of nitrogens with zero attached hydrogens (tertiary/aromatic N) is 2. The number of imide groups is 1. The van der Waals surface area contributed by atoms with Crippen molar-refractivity contribution < 1.29 is 14.4 Å². The fourth-order valence-electron chi connectivity index (χ4n) is 5.23. The monoisotopic (exact) mass is 420 g/mol. The van der Waals surface area contributed by atoms with Crippen LogP contribution in [0.25, 0.3) is 6.08 Å². The van der Waals surface area contributed by atoms with Gasteiger partial charge in [0.05, 0.1) is 23.6 Å². The molecule has 0 aromatic heterocycles. The highest BCUT2D eigenvalue weighted by Gasteiger charge is 2.63. The Bertz CT molecular complexity index is 1160. The second-order valence-electron chi connectivity index (χ2n) is 8.32. The molecule has 30 heavy (non-hydrogen) atoms. The number of carbonyl (C=O) groups is 3. The number of hydrogen-bond donors (Lipinski definition) is 0. The van der Waals surface area contributed by atoms with Gasteiger partial charge in [-0.15, -0.1) is 0 Å². The van der Waals surface area contributed by atoms with Crippen LogP contribution in [0.1, 0.15) is 23.6 Å². The van der Waals surface area contributed by atoms with E-state index in [1.165, 1.54) is 11.8 Å². The molecule has 0 bridgehead atoms. The van der Waals surface area contributed by atoms with Crippen LogP contribution in [0.4, 0.5) is 11.4 Å². The van der Waals surface area contributed by atoms with Crippen molar-refractivity contribution in [2.24, 2.45) is 11.8 Å². The molecule has 6 heteroatoms. The SMILES string of the molecule is CC(=O)[C@@H]1[C@@H]2C(=O)N(c3cccc(Cl)c3C)C(=O)[C@@H]2[C@@H]2C=Cc3cc(C)ccc3N12. The van der Waals surface area contributed by atoms with E-state index in [1.54, 1.807) is 25.1 Å². The number of carbonyl (C=O) groups excluding carboxylic acids is 3. The van der Waals surface area contributed by atoms with Crippen molar-refractivity contribution in [3.8, 4) is 0 Å². The number of anilines is 2. The number of ketones is 1. The number of halogens is 1. The number of fused-ring (bicyclic) bond motifs is 5. The summed E-state index contributed by atoms with van der Waals surface area (Å²) in [5.74, 6) is -2.02. The third-order valence-corrected chi connectivity index (χ3v) is 6.97. The van der Waals surface area contributed by atoms with Gasteiger partial charge in [-0.2, -0.15) is 0 Å². The van der Waals surface area contributed by atoms with Gasteiger partial charge < -0.3 is 4.90 Å². The zero-order chi connectivity index (χ0) is 21.3. The lowest BCUT2D eigenvalue weighted by atomic mass is 9.88. The summed E-state index contributed by atoms with van der Waals surface area (Å²) in [5, 5.41) is 0.497. The minimum atomic E-state index is -0.713. The Morgan fingerprint density at radius 2 is 1.73 bits per heavy atom. The average molecular weight is 421 g/mol. The van der Waals surface area contributed by atoms with Gasteiger partial charge in [0.1, 0.15) is 6.04 Å². The number of benzene rings is 2. The molecular formula is C24H21ClN2O3. The van der Waals surface area contributed by atoms with Gasteiger partial charge in [0.25, 0.3) is 0 Å². The third kappa shape index (κ3) is 2.45. The largest absolute Gasteiger partial charge is 0.353 e. The van der Waals surface area contributed by atoms with E-state index in [1.807, 2.05) is 36.1 Å². The normalized spacial score (nSPS) is 26.7. The standard InChI is InChI=1S/C24H21ClN2O3/c1-12-7-9-18-15(11-12)8-10-19-20-21(22(14(3)28)26(18)19)24(30)27(23(20)29)17-6-4-5-16(25)13(17)2/h4-11,19-22H,1-3H3/t19-,20+,21+,22+/m0/s1. The first kappa shape index (κ1) is 19.1. The molecule has 0 saturated carbocycles. The number of Topliss-reactive ketones (excluding diaryl/α,β-unsaturated/α-hetero) is 1. The average Bonchev–Trinajstić information content (AvgIpc) is 3.17. The third-order valence-electron chi connectivity index (χ3n) is 6.56. The van der Waals surface area contributed by atoms with E-state index in [4.69, 9.17) is 11.6 Å². The smallest absolute Gasteiger partial charge is 0.240 e. The summed E-state index contributed by atoms with van der Waals surface area (Å²) < 4.78 is 0. The first-order valence-corrected chi connectivity index (χ1v) is 10.4. The van der Waals surface area contributed by atoms with Crippen LogP contribution in [0.5, 0.6) is 0 Å². The fourth-order valence-corrected chi connectivity index (χ4v) is 5.40. The summed E-state index contributed by atoms with van der Waals surface area (Å²) in [5.41, 5.74) is 4.19. The quantitative estimate of drug-likeness (QED) is 0.690.